The molecule has 0 aliphatic rings. The number of benzene rings is 1. The quantitative estimate of drug-likeness (QED) is 0.781. The van der Waals surface area contributed by atoms with Crippen molar-refractivity contribution in [1.82, 2.24) is 5.48 Å². The molecule has 0 saturated heterocycles. The third-order valence-corrected chi connectivity index (χ3v) is 2.47. The number of hydrogen-bond acceptors (Lipinski definition) is 3. The summed E-state index contributed by atoms with van der Waals surface area (Å²) >= 11 is 0. The molecule has 1 aromatic rings. The van der Waals surface area contributed by atoms with E-state index < -0.39 is 6.04 Å². The van der Waals surface area contributed by atoms with Gasteiger partial charge in [-0.25, -0.2) is 5.48 Å². The average Bonchev–Trinajstić information content (AvgIpc) is 2.28. The SMILES string of the molecule is CC(C)(C)C(N)C(=O)NOCc1ccccc1. The Balaban J connectivity index is 2.35. The summed E-state index contributed by atoms with van der Waals surface area (Å²) in [6.45, 7) is 6.07. The number of carbonyl (C=O) groups excluding carboxylic acids is 1. The fourth-order valence-corrected chi connectivity index (χ4v) is 1.22. The molecule has 1 aromatic carbocycles. The van der Waals surface area contributed by atoms with Crippen LogP contribution in [-0.2, 0) is 16.2 Å². The topological polar surface area (TPSA) is 64.4 Å². The Labute approximate surface area is 102 Å². The van der Waals surface area contributed by atoms with Crippen LogP contribution in [0.5, 0.6) is 0 Å². The number of hydrogen-bond donors (Lipinski definition) is 2. The first-order valence-electron chi connectivity index (χ1n) is 5.62. The molecule has 1 atom stereocenters. The summed E-state index contributed by atoms with van der Waals surface area (Å²) in [5.41, 5.74) is 8.87. The van der Waals surface area contributed by atoms with Crippen LogP contribution in [0.15, 0.2) is 30.3 Å². The van der Waals surface area contributed by atoms with Crippen molar-refractivity contribution in [3.05, 3.63) is 35.9 Å². The molecule has 4 heteroatoms. The summed E-state index contributed by atoms with van der Waals surface area (Å²) < 4.78 is 0. The molecule has 0 aliphatic heterocycles. The molecule has 0 radical (unpaired) electrons. The number of hydroxylamine groups is 1. The van der Waals surface area contributed by atoms with Crippen LogP contribution in [0.1, 0.15) is 26.3 Å². The van der Waals surface area contributed by atoms with Crippen LogP contribution in [0.25, 0.3) is 0 Å². The van der Waals surface area contributed by atoms with E-state index in [1.165, 1.54) is 0 Å². The largest absolute Gasteiger partial charge is 0.319 e. The van der Waals surface area contributed by atoms with E-state index >= 15 is 0 Å². The minimum atomic E-state index is -0.585. The Hall–Kier alpha value is -1.39. The highest BCUT2D eigenvalue weighted by atomic mass is 16.6. The molecule has 1 amide bonds. The number of nitrogens with one attached hydrogen (secondary N) is 1. The minimum absolute atomic E-state index is 0.278. The lowest BCUT2D eigenvalue weighted by Crippen LogP contribution is -2.48. The van der Waals surface area contributed by atoms with Crippen molar-refractivity contribution in [2.75, 3.05) is 0 Å². The van der Waals surface area contributed by atoms with Gasteiger partial charge in [-0.1, -0.05) is 51.1 Å². The predicted molar refractivity (Wildman–Crippen MR) is 66.8 cm³/mol. The summed E-state index contributed by atoms with van der Waals surface area (Å²) in [4.78, 5) is 16.7. The third kappa shape index (κ3) is 4.54. The fraction of sp³-hybridized carbons (Fsp3) is 0.462. The highest BCUT2D eigenvalue weighted by Gasteiger charge is 2.27. The lowest BCUT2D eigenvalue weighted by molar-refractivity contribution is -0.138. The van der Waals surface area contributed by atoms with Crippen LogP contribution in [0.3, 0.4) is 0 Å². The highest BCUT2D eigenvalue weighted by molar-refractivity contribution is 5.81. The van der Waals surface area contributed by atoms with Crippen LogP contribution in [-0.4, -0.2) is 11.9 Å². The Morgan fingerprint density at radius 3 is 2.47 bits per heavy atom. The van der Waals surface area contributed by atoms with E-state index in [4.69, 9.17) is 10.6 Å². The molecule has 0 saturated carbocycles. The standard InChI is InChI=1S/C13H20N2O2/c1-13(2,3)11(14)12(16)15-17-9-10-7-5-4-6-8-10/h4-8,11H,9,14H2,1-3H3,(H,15,16). The first-order valence-corrected chi connectivity index (χ1v) is 5.62. The van der Waals surface area contributed by atoms with Gasteiger partial charge in [0.05, 0.1) is 12.6 Å². The lowest BCUT2D eigenvalue weighted by Gasteiger charge is -2.25. The molecule has 0 fully saturated rings. The molecular formula is C13H20N2O2. The Morgan fingerprint density at radius 1 is 1.35 bits per heavy atom. The average molecular weight is 236 g/mol. The zero-order valence-electron chi connectivity index (χ0n) is 10.6. The summed E-state index contributed by atoms with van der Waals surface area (Å²) in [6.07, 6.45) is 0. The van der Waals surface area contributed by atoms with Gasteiger partial charge < -0.3 is 5.73 Å². The molecular weight excluding hydrogens is 216 g/mol. The van der Waals surface area contributed by atoms with E-state index in [0.717, 1.165) is 5.56 Å². The molecule has 0 aromatic heterocycles. The maximum absolute atomic E-state index is 11.6. The van der Waals surface area contributed by atoms with Gasteiger partial charge in [-0.3, -0.25) is 9.63 Å². The first kappa shape index (κ1) is 13.7. The summed E-state index contributed by atoms with van der Waals surface area (Å²) in [5.74, 6) is -0.298. The van der Waals surface area contributed by atoms with Crippen molar-refractivity contribution < 1.29 is 9.63 Å². The third-order valence-electron chi connectivity index (χ3n) is 2.47. The molecule has 4 nitrogen and oxygen atoms in total. The van der Waals surface area contributed by atoms with Crippen molar-refractivity contribution in [2.45, 2.75) is 33.4 Å². The van der Waals surface area contributed by atoms with Crippen molar-refractivity contribution in [1.29, 1.82) is 0 Å². The Morgan fingerprint density at radius 2 is 1.94 bits per heavy atom. The summed E-state index contributed by atoms with van der Waals surface area (Å²) in [5, 5.41) is 0. The molecule has 0 spiro atoms. The molecule has 0 aliphatic carbocycles. The van der Waals surface area contributed by atoms with Gasteiger partial charge in [0.25, 0.3) is 5.91 Å². The van der Waals surface area contributed by atoms with Gasteiger partial charge in [0.1, 0.15) is 0 Å². The second-order valence-electron chi connectivity index (χ2n) is 5.08. The van der Waals surface area contributed by atoms with Gasteiger partial charge in [0, 0.05) is 0 Å². The van der Waals surface area contributed by atoms with Crippen molar-refractivity contribution in [2.24, 2.45) is 11.1 Å². The Bertz CT molecular complexity index is 357. The molecule has 1 rings (SSSR count). The zero-order chi connectivity index (χ0) is 12.9. The van der Waals surface area contributed by atoms with Crippen LogP contribution in [0, 0.1) is 5.41 Å². The minimum Gasteiger partial charge on any atom is -0.319 e. The normalized spacial score (nSPS) is 13.2. The van der Waals surface area contributed by atoms with Gasteiger partial charge in [-0.2, -0.15) is 0 Å². The second kappa shape index (κ2) is 5.80. The van der Waals surface area contributed by atoms with E-state index in [2.05, 4.69) is 5.48 Å². The second-order valence-corrected chi connectivity index (χ2v) is 5.08. The number of carbonyl (C=O) groups is 1. The summed E-state index contributed by atoms with van der Waals surface area (Å²) in [6, 6.07) is 9.03. The zero-order valence-corrected chi connectivity index (χ0v) is 10.6. The van der Waals surface area contributed by atoms with Gasteiger partial charge >= 0.3 is 0 Å². The lowest BCUT2D eigenvalue weighted by atomic mass is 9.87. The molecule has 1 unspecified atom stereocenters. The smallest absolute Gasteiger partial charge is 0.260 e. The van der Waals surface area contributed by atoms with E-state index in [9.17, 15) is 4.79 Å². The number of rotatable bonds is 4. The van der Waals surface area contributed by atoms with E-state index in [1.807, 2.05) is 51.1 Å². The fourth-order valence-electron chi connectivity index (χ4n) is 1.22. The van der Waals surface area contributed by atoms with E-state index in [-0.39, 0.29) is 11.3 Å². The molecule has 17 heavy (non-hydrogen) atoms. The molecule has 0 heterocycles. The maximum atomic E-state index is 11.6. The van der Waals surface area contributed by atoms with Crippen LogP contribution in [0.4, 0.5) is 0 Å². The van der Waals surface area contributed by atoms with Crippen molar-refractivity contribution in [3.63, 3.8) is 0 Å². The predicted octanol–water partition coefficient (Wildman–Crippen LogP) is 1.61. The highest BCUT2D eigenvalue weighted by Crippen LogP contribution is 2.17. The number of amides is 1. The van der Waals surface area contributed by atoms with Crippen LogP contribution < -0.4 is 11.2 Å². The monoisotopic (exact) mass is 236 g/mol. The van der Waals surface area contributed by atoms with Gasteiger partial charge in [-0.05, 0) is 11.0 Å². The van der Waals surface area contributed by atoms with Crippen molar-refractivity contribution in [3.8, 4) is 0 Å². The van der Waals surface area contributed by atoms with E-state index in [0.29, 0.717) is 6.61 Å². The van der Waals surface area contributed by atoms with Gasteiger partial charge in [0.2, 0.25) is 0 Å². The summed E-state index contributed by atoms with van der Waals surface area (Å²) in [7, 11) is 0. The Kier molecular flexibility index (Phi) is 4.66. The van der Waals surface area contributed by atoms with E-state index in [1.54, 1.807) is 0 Å². The van der Waals surface area contributed by atoms with Crippen LogP contribution >= 0.6 is 0 Å². The molecule has 0 bridgehead atoms. The van der Waals surface area contributed by atoms with Crippen LogP contribution in [0.2, 0.25) is 0 Å². The van der Waals surface area contributed by atoms with Gasteiger partial charge in [0.15, 0.2) is 0 Å². The number of nitrogens with two attached hydrogens (primary N) is 1. The maximum Gasteiger partial charge on any atom is 0.260 e. The van der Waals surface area contributed by atoms with Gasteiger partial charge in [-0.15, -0.1) is 0 Å². The molecule has 94 valence electrons. The first-order chi connectivity index (χ1) is 7.91. The molecule has 3 N–H and O–H groups in total. The van der Waals surface area contributed by atoms with Crippen molar-refractivity contribution >= 4 is 5.91 Å².